The summed E-state index contributed by atoms with van der Waals surface area (Å²) >= 11 is 0. The van der Waals surface area contributed by atoms with Gasteiger partial charge in [0.2, 0.25) is 0 Å². The van der Waals surface area contributed by atoms with E-state index in [0.717, 1.165) is 46.9 Å². The Labute approximate surface area is 329 Å². The predicted octanol–water partition coefficient (Wildman–Crippen LogP) is 14.7. The fourth-order valence-corrected chi connectivity index (χ4v) is 8.72. The number of allylic oxidation sites excluding steroid dienone is 4. The zero-order chi connectivity index (χ0) is 38.2. The Bertz CT molecular complexity index is 1710. The maximum absolute atomic E-state index is 15.0. The Hall–Kier alpha value is -4.34. The van der Waals surface area contributed by atoms with E-state index in [1.54, 1.807) is 12.1 Å². The second-order valence-corrected chi connectivity index (χ2v) is 15.9. The summed E-state index contributed by atoms with van der Waals surface area (Å²) < 4.78 is 35.8. The molecule has 0 unspecified atom stereocenters. The normalized spacial score (nSPS) is 20.3. The minimum Gasteiger partial charge on any atom is -0.373 e. The first-order chi connectivity index (χ1) is 27.0. The summed E-state index contributed by atoms with van der Waals surface area (Å²) in [6.45, 7) is 8.61. The van der Waals surface area contributed by atoms with Crippen molar-refractivity contribution in [3.05, 3.63) is 168 Å². The summed E-state index contributed by atoms with van der Waals surface area (Å²) in [6, 6.07) is 28.6. The molecule has 3 heteroatoms. The Kier molecular flexibility index (Phi) is 15.5. The average Bonchev–Trinajstić information content (AvgIpc) is 3.23. The molecule has 0 radical (unpaired) electrons. The number of halogens is 2. The molecule has 1 nitrogen and oxygen atoms in total. The molecule has 288 valence electrons. The molecule has 6 rings (SSSR count). The highest BCUT2D eigenvalue weighted by Gasteiger charge is 2.23. The van der Waals surface area contributed by atoms with Crippen LogP contribution >= 0.6 is 0 Å². The van der Waals surface area contributed by atoms with E-state index in [1.807, 2.05) is 60.7 Å². The van der Waals surface area contributed by atoms with Crippen molar-refractivity contribution in [3.63, 3.8) is 0 Å². The third-order valence-electron chi connectivity index (χ3n) is 12.2. The zero-order valence-corrected chi connectivity index (χ0v) is 32.7. The van der Waals surface area contributed by atoms with Crippen molar-refractivity contribution in [1.82, 2.24) is 0 Å². The SMILES string of the molecule is C=CCCC1CCC(c2ccc(-c3ccc(CC=CCOCC=CCc4ccc(-c5ccc(C6CCC(CCC=C)CC6)cc5)cc4F)c(F)c3)cc2)CC1. The van der Waals surface area contributed by atoms with Gasteiger partial charge in [0.1, 0.15) is 11.6 Å². The lowest BCUT2D eigenvalue weighted by Crippen LogP contribution is -2.13. The second kappa shape index (κ2) is 21.1. The molecule has 2 saturated carbocycles. The molecule has 0 amide bonds. The summed E-state index contributed by atoms with van der Waals surface area (Å²) in [4.78, 5) is 0. The molecule has 4 aromatic carbocycles. The molecule has 0 heterocycles. The van der Waals surface area contributed by atoms with Gasteiger partial charge in [-0.3, -0.25) is 0 Å². The van der Waals surface area contributed by atoms with E-state index in [9.17, 15) is 0 Å². The van der Waals surface area contributed by atoms with E-state index >= 15 is 8.78 Å². The molecule has 0 spiro atoms. The Morgan fingerprint density at radius 2 is 0.873 bits per heavy atom. The van der Waals surface area contributed by atoms with E-state index in [-0.39, 0.29) is 11.6 Å². The Morgan fingerprint density at radius 1 is 0.491 bits per heavy atom. The van der Waals surface area contributed by atoms with Crippen LogP contribution in [0.4, 0.5) is 8.78 Å². The summed E-state index contributed by atoms with van der Waals surface area (Å²) in [5, 5.41) is 0. The van der Waals surface area contributed by atoms with Gasteiger partial charge in [-0.25, -0.2) is 8.78 Å². The van der Waals surface area contributed by atoms with Crippen LogP contribution in [0, 0.1) is 23.5 Å². The quantitative estimate of drug-likeness (QED) is 0.0729. The Balaban J connectivity index is 0.880. The molecular formula is C52H60F2O. The fourth-order valence-electron chi connectivity index (χ4n) is 8.72. The molecule has 4 aromatic rings. The molecule has 0 N–H and O–H groups in total. The Morgan fingerprint density at radius 3 is 1.24 bits per heavy atom. The van der Waals surface area contributed by atoms with Gasteiger partial charge in [0.25, 0.3) is 0 Å². The molecule has 2 aliphatic rings. The highest BCUT2D eigenvalue weighted by Crippen LogP contribution is 2.39. The summed E-state index contributed by atoms with van der Waals surface area (Å²) in [6.07, 6.45) is 27.9. The standard InChI is InChI=1S/C52H60F2O/c1-3-5-11-39-15-19-41(20-16-39)43-23-27-45(28-24-43)49-33-31-47(51(53)37-49)13-7-9-35-55-36-10-8-14-48-32-34-50(38-52(48)54)46-29-25-44(26-30-46)42-21-17-40(18-22-42)12-6-4-2/h3-4,7-10,23-34,37-42H,1-2,5-6,11-22,35-36H2. The van der Waals surface area contributed by atoms with Crippen molar-refractivity contribution in [1.29, 1.82) is 0 Å². The van der Waals surface area contributed by atoms with Crippen LogP contribution in [0.1, 0.15) is 111 Å². The predicted molar refractivity (Wildman–Crippen MR) is 228 cm³/mol. The lowest BCUT2D eigenvalue weighted by atomic mass is 9.77. The van der Waals surface area contributed by atoms with Crippen molar-refractivity contribution in [2.75, 3.05) is 13.2 Å². The largest absolute Gasteiger partial charge is 0.373 e. The number of rotatable bonds is 18. The zero-order valence-electron chi connectivity index (χ0n) is 32.7. The third-order valence-corrected chi connectivity index (χ3v) is 12.2. The van der Waals surface area contributed by atoms with Crippen LogP contribution in [0.25, 0.3) is 22.3 Å². The molecule has 2 aliphatic carbocycles. The lowest BCUT2D eigenvalue weighted by molar-refractivity contribution is 0.193. The van der Waals surface area contributed by atoms with E-state index < -0.39 is 0 Å². The maximum atomic E-state index is 15.0. The van der Waals surface area contributed by atoms with E-state index in [2.05, 4.69) is 61.7 Å². The van der Waals surface area contributed by atoms with Crippen LogP contribution in [0.2, 0.25) is 0 Å². The first kappa shape index (κ1) is 40.3. The number of ether oxygens (including phenoxy) is 1. The molecule has 0 aliphatic heterocycles. The van der Waals surface area contributed by atoms with Crippen molar-refractivity contribution in [3.8, 4) is 22.3 Å². The molecule has 2 fully saturated rings. The van der Waals surface area contributed by atoms with E-state index in [4.69, 9.17) is 4.74 Å². The van der Waals surface area contributed by atoms with Crippen molar-refractivity contribution < 1.29 is 13.5 Å². The molecule has 0 saturated heterocycles. The average molecular weight is 739 g/mol. The van der Waals surface area contributed by atoms with Crippen LogP contribution < -0.4 is 0 Å². The first-order valence-corrected chi connectivity index (χ1v) is 20.9. The summed E-state index contributed by atoms with van der Waals surface area (Å²) in [7, 11) is 0. The van der Waals surface area contributed by atoms with Gasteiger partial charge < -0.3 is 4.74 Å². The first-order valence-electron chi connectivity index (χ1n) is 20.9. The van der Waals surface area contributed by atoms with Crippen molar-refractivity contribution >= 4 is 0 Å². The molecule has 0 aromatic heterocycles. The van der Waals surface area contributed by atoms with Gasteiger partial charge in [-0.1, -0.05) is 109 Å². The van der Waals surface area contributed by atoms with Gasteiger partial charge in [-0.05, 0) is 170 Å². The van der Waals surface area contributed by atoms with Crippen molar-refractivity contribution in [2.45, 2.75) is 102 Å². The van der Waals surface area contributed by atoms with Gasteiger partial charge in [-0.2, -0.15) is 0 Å². The van der Waals surface area contributed by atoms with Gasteiger partial charge in [-0.15, -0.1) is 13.2 Å². The fraction of sp³-hybridized carbons (Fsp3) is 0.385. The molecule has 0 bridgehead atoms. The minimum atomic E-state index is -0.186. The van der Waals surface area contributed by atoms with Gasteiger partial charge in [0, 0.05) is 0 Å². The smallest absolute Gasteiger partial charge is 0.127 e. The lowest BCUT2D eigenvalue weighted by Gasteiger charge is -2.28. The number of hydrogen-bond acceptors (Lipinski definition) is 1. The van der Waals surface area contributed by atoms with E-state index in [0.29, 0.717) is 49.0 Å². The summed E-state index contributed by atoms with van der Waals surface area (Å²) in [5.41, 5.74) is 8.07. The number of hydrogen-bond donors (Lipinski definition) is 0. The van der Waals surface area contributed by atoms with Gasteiger partial charge in [0.15, 0.2) is 0 Å². The van der Waals surface area contributed by atoms with Crippen LogP contribution in [-0.2, 0) is 17.6 Å². The summed E-state index contributed by atoms with van der Waals surface area (Å²) in [5.74, 6) is 2.58. The van der Waals surface area contributed by atoms with E-state index in [1.165, 1.54) is 75.3 Å². The van der Waals surface area contributed by atoms with Gasteiger partial charge in [0.05, 0.1) is 13.2 Å². The number of benzene rings is 4. The topological polar surface area (TPSA) is 9.23 Å². The molecule has 0 atom stereocenters. The second-order valence-electron chi connectivity index (χ2n) is 15.9. The van der Waals surface area contributed by atoms with Crippen LogP contribution in [0.5, 0.6) is 0 Å². The monoisotopic (exact) mass is 738 g/mol. The maximum Gasteiger partial charge on any atom is 0.127 e. The molecular weight excluding hydrogens is 679 g/mol. The van der Waals surface area contributed by atoms with Gasteiger partial charge >= 0.3 is 0 Å². The van der Waals surface area contributed by atoms with Crippen molar-refractivity contribution in [2.24, 2.45) is 11.8 Å². The highest BCUT2D eigenvalue weighted by atomic mass is 19.1. The van der Waals surface area contributed by atoms with Crippen LogP contribution in [0.15, 0.2) is 135 Å². The minimum absolute atomic E-state index is 0.186. The van der Waals surface area contributed by atoms with Crippen LogP contribution in [0.3, 0.4) is 0 Å². The van der Waals surface area contributed by atoms with Crippen LogP contribution in [-0.4, -0.2) is 13.2 Å². The molecule has 55 heavy (non-hydrogen) atoms. The highest BCUT2D eigenvalue weighted by molar-refractivity contribution is 5.65. The third kappa shape index (κ3) is 11.8.